The Balaban J connectivity index is 1.79. The molecule has 1 N–H and O–H groups in total. The van der Waals surface area contributed by atoms with Crippen LogP contribution in [0, 0.1) is 13.8 Å². The van der Waals surface area contributed by atoms with Gasteiger partial charge < -0.3 is 5.32 Å². The molecule has 2 aromatic carbocycles. The van der Waals surface area contributed by atoms with E-state index in [1.54, 1.807) is 22.8 Å². The van der Waals surface area contributed by atoms with Crippen LogP contribution in [-0.2, 0) is 4.79 Å². The van der Waals surface area contributed by atoms with E-state index >= 15 is 0 Å². The smallest absolute Gasteiger partial charge is 0.324 e. The van der Waals surface area contributed by atoms with Gasteiger partial charge in [0, 0.05) is 13.1 Å². The van der Waals surface area contributed by atoms with Crippen molar-refractivity contribution in [1.29, 1.82) is 0 Å². The molecule has 0 atom stereocenters. The number of aromatic nitrogens is 2. The fourth-order valence-electron chi connectivity index (χ4n) is 3.30. The Morgan fingerprint density at radius 2 is 1.97 bits per heavy atom. The highest BCUT2D eigenvalue weighted by Crippen LogP contribution is 2.24. The molecule has 0 saturated carbocycles. The molecular formula is C21H20N4O3S. The van der Waals surface area contributed by atoms with Crippen LogP contribution in [0.25, 0.3) is 16.6 Å². The van der Waals surface area contributed by atoms with Gasteiger partial charge in [0.2, 0.25) is 5.91 Å². The van der Waals surface area contributed by atoms with Crippen molar-refractivity contribution in [2.75, 3.05) is 18.8 Å². The topological polar surface area (TPSA) is 84.3 Å². The molecule has 0 bridgehead atoms. The molecule has 8 heteroatoms. The molecule has 0 radical (unpaired) electrons. The SMILES string of the molecule is Cc1ccc(C)c(-n2c(SCC(=O)N3CCNC3=O)nc3ccccc3c2=O)c1. The van der Waals surface area contributed by atoms with Gasteiger partial charge >= 0.3 is 6.03 Å². The Morgan fingerprint density at radius 1 is 1.17 bits per heavy atom. The Hall–Kier alpha value is -3.13. The maximum absolute atomic E-state index is 13.3. The minimum Gasteiger partial charge on any atom is -0.336 e. The molecule has 0 unspecified atom stereocenters. The van der Waals surface area contributed by atoms with Gasteiger partial charge in [-0.3, -0.25) is 19.1 Å². The largest absolute Gasteiger partial charge is 0.336 e. The van der Waals surface area contributed by atoms with E-state index in [9.17, 15) is 14.4 Å². The van der Waals surface area contributed by atoms with Crippen LogP contribution in [0.5, 0.6) is 0 Å². The third-order valence-corrected chi connectivity index (χ3v) is 5.76. The summed E-state index contributed by atoms with van der Waals surface area (Å²) in [6.45, 7) is 4.71. The molecule has 148 valence electrons. The zero-order valence-electron chi connectivity index (χ0n) is 16.1. The minimum atomic E-state index is -0.381. The monoisotopic (exact) mass is 408 g/mol. The summed E-state index contributed by atoms with van der Waals surface area (Å²) < 4.78 is 1.56. The van der Waals surface area contributed by atoms with Gasteiger partial charge in [-0.1, -0.05) is 36.0 Å². The number of imide groups is 1. The van der Waals surface area contributed by atoms with Crippen LogP contribution in [0.15, 0.2) is 52.4 Å². The van der Waals surface area contributed by atoms with Crippen molar-refractivity contribution in [2.24, 2.45) is 0 Å². The van der Waals surface area contributed by atoms with E-state index in [-0.39, 0.29) is 23.3 Å². The standard InChI is InChI=1S/C21H20N4O3S/c1-13-7-8-14(2)17(11-13)25-19(27)15-5-3-4-6-16(15)23-21(25)29-12-18(26)24-10-9-22-20(24)28/h3-8,11H,9-10,12H2,1-2H3,(H,22,28). The zero-order valence-corrected chi connectivity index (χ0v) is 17.0. The predicted molar refractivity (Wildman–Crippen MR) is 113 cm³/mol. The van der Waals surface area contributed by atoms with Crippen LogP contribution in [0.2, 0.25) is 0 Å². The second-order valence-electron chi connectivity index (χ2n) is 6.91. The third kappa shape index (κ3) is 3.63. The van der Waals surface area contributed by atoms with Gasteiger partial charge in [-0.25, -0.2) is 9.78 Å². The molecule has 29 heavy (non-hydrogen) atoms. The van der Waals surface area contributed by atoms with Crippen LogP contribution in [0.3, 0.4) is 0 Å². The number of nitrogens with zero attached hydrogens (tertiary/aromatic N) is 3. The van der Waals surface area contributed by atoms with E-state index in [2.05, 4.69) is 10.3 Å². The lowest BCUT2D eigenvalue weighted by atomic mass is 10.1. The first-order valence-electron chi connectivity index (χ1n) is 9.26. The van der Waals surface area contributed by atoms with Gasteiger partial charge in [0.15, 0.2) is 5.16 Å². The number of fused-ring (bicyclic) bond motifs is 1. The second kappa shape index (κ2) is 7.71. The number of nitrogens with one attached hydrogen (secondary N) is 1. The van der Waals surface area contributed by atoms with Crippen LogP contribution >= 0.6 is 11.8 Å². The van der Waals surface area contributed by atoms with E-state index < -0.39 is 0 Å². The quantitative estimate of drug-likeness (QED) is 0.530. The lowest BCUT2D eigenvalue weighted by Gasteiger charge is -2.16. The minimum absolute atomic E-state index is 0.0169. The first-order chi connectivity index (χ1) is 14.0. The Morgan fingerprint density at radius 3 is 2.72 bits per heavy atom. The summed E-state index contributed by atoms with van der Waals surface area (Å²) in [4.78, 5) is 43.4. The highest BCUT2D eigenvalue weighted by atomic mass is 32.2. The van der Waals surface area contributed by atoms with Crippen molar-refractivity contribution in [2.45, 2.75) is 19.0 Å². The van der Waals surface area contributed by atoms with Gasteiger partial charge in [0.1, 0.15) is 0 Å². The molecule has 1 aromatic heterocycles. The van der Waals surface area contributed by atoms with Crippen LogP contribution < -0.4 is 10.9 Å². The molecule has 7 nitrogen and oxygen atoms in total. The third-order valence-electron chi connectivity index (χ3n) is 4.83. The first-order valence-corrected chi connectivity index (χ1v) is 10.2. The number of aryl methyl sites for hydroxylation is 2. The lowest BCUT2D eigenvalue weighted by Crippen LogP contribution is -2.35. The van der Waals surface area contributed by atoms with E-state index in [0.717, 1.165) is 28.6 Å². The van der Waals surface area contributed by atoms with Crippen LogP contribution in [-0.4, -0.2) is 45.2 Å². The molecule has 0 aliphatic carbocycles. The van der Waals surface area contributed by atoms with Gasteiger partial charge in [0.05, 0.1) is 22.3 Å². The molecule has 2 heterocycles. The molecule has 1 aliphatic heterocycles. The average Bonchev–Trinajstić information content (AvgIpc) is 3.14. The Bertz CT molecular complexity index is 1190. The normalized spacial score (nSPS) is 13.7. The summed E-state index contributed by atoms with van der Waals surface area (Å²) >= 11 is 1.16. The Kier molecular flexibility index (Phi) is 5.10. The van der Waals surface area contributed by atoms with Gasteiger partial charge in [-0.15, -0.1) is 0 Å². The number of hydrogen-bond donors (Lipinski definition) is 1. The molecule has 3 aromatic rings. The van der Waals surface area contributed by atoms with E-state index in [4.69, 9.17) is 0 Å². The fourth-order valence-corrected chi connectivity index (χ4v) is 4.18. The zero-order chi connectivity index (χ0) is 20.5. The van der Waals surface area contributed by atoms with Crippen molar-refractivity contribution in [3.05, 3.63) is 63.9 Å². The predicted octanol–water partition coefficient (Wildman–Crippen LogP) is 2.65. The number of rotatable bonds is 4. The maximum Gasteiger partial charge on any atom is 0.324 e. The number of hydrogen-bond acceptors (Lipinski definition) is 5. The highest BCUT2D eigenvalue weighted by Gasteiger charge is 2.26. The van der Waals surface area contributed by atoms with Crippen LogP contribution in [0.1, 0.15) is 11.1 Å². The summed E-state index contributed by atoms with van der Waals surface area (Å²) in [5.41, 5.74) is 3.08. The number of thioether (sulfide) groups is 1. The van der Waals surface area contributed by atoms with Gasteiger partial charge in [-0.05, 0) is 43.2 Å². The van der Waals surface area contributed by atoms with Gasteiger partial charge in [-0.2, -0.15) is 0 Å². The maximum atomic E-state index is 13.3. The number of urea groups is 1. The number of benzene rings is 2. The molecule has 4 rings (SSSR count). The molecule has 0 spiro atoms. The summed E-state index contributed by atoms with van der Waals surface area (Å²) in [5, 5.41) is 3.56. The number of amides is 3. The second-order valence-corrected chi connectivity index (χ2v) is 7.85. The van der Waals surface area contributed by atoms with Crippen molar-refractivity contribution in [1.82, 2.24) is 19.8 Å². The van der Waals surface area contributed by atoms with Crippen molar-refractivity contribution in [3.8, 4) is 5.69 Å². The number of para-hydroxylation sites is 1. The molecular weight excluding hydrogens is 388 g/mol. The van der Waals surface area contributed by atoms with E-state index in [1.807, 2.05) is 38.1 Å². The van der Waals surface area contributed by atoms with E-state index in [1.165, 1.54) is 4.90 Å². The van der Waals surface area contributed by atoms with Crippen LogP contribution in [0.4, 0.5) is 4.79 Å². The Labute approximate surface area is 171 Å². The highest BCUT2D eigenvalue weighted by molar-refractivity contribution is 7.99. The summed E-state index contributed by atoms with van der Waals surface area (Å²) in [5.74, 6) is -0.289. The number of carbonyl (C=O) groups is 2. The van der Waals surface area contributed by atoms with Crippen molar-refractivity contribution >= 4 is 34.6 Å². The van der Waals surface area contributed by atoms with Crippen molar-refractivity contribution in [3.63, 3.8) is 0 Å². The molecule has 1 aliphatic rings. The van der Waals surface area contributed by atoms with Gasteiger partial charge in [0.25, 0.3) is 5.56 Å². The first kappa shape index (κ1) is 19.2. The summed E-state index contributed by atoms with van der Waals surface area (Å²) in [6.07, 6.45) is 0. The molecule has 1 saturated heterocycles. The van der Waals surface area contributed by atoms with Crippen molar-refractivity contribution < 1.29 is 9.59 Å². The summed E-state index contributed by atoms with van der Waals surface area (Å²) in [7, 11) is 0. The molecule has 3 amide bonds. The average molecular weight is 408 g/mol. The lowest BCUT2D eigenvalue weighted by molar-refractivity contribution is -0.124. The van der Waals surface area contributed by atoms with E-state index in [0.29, 0.717) is 29.1 Å². The summed E-state index contributed by atoms with van der Waals surface area (Å²) in [6, 6.07) is 12.7. The number of carbonyl (C=O) groups excluding carboxylic acids is 2. The molecule has 1 fully saturated rings. The fraction of sp³-hybridized carbons (Fsp3) is 0.238.